The number of sulfonamides is 1. The molecule has 0 aliphatic rings. The Morgan fingerprint density at radius 3 is 2.65 bits per heavy atom. The van der Waals surface area contributed by atoms with Crippen molar-refractivity contribution in [3.8, 4) is 10.8 Å². The summed E-state index contributed by atoms with van der Waals surface area (Å²) in [6.07, 6.45) is -0.768. The summed E-state index contributed by atoms with van der Waals surface area (Å²) in [5.41, 5.74) is 1.59. The zero-order valence-corrected chi connectivity index (χ0v) is 15.6. The first-order valence-electron chi connectivity index (χ1n) is 7.54. The van der Waals surface area contributed by atoms with Gasteiger partial charge in [0.1, 0.15) is 5.82 Å². The molecule has 1 N–H and O–H groups in total. The average Bonchev–Trinajstić information content (AvgIpc) is 3.22. The van der Waals surface area contributed by atoms with Gasteiger partial charge in [-0.05, 0) is 41.6 Å². The monoisotopic (exact) mass is 397 g/mol. The Labute approximate surface area is 153 Å². The summed E-state index contributed by atoms with van der Waals surface area (Å²) in [6, 6.07) is 7.08. The number of hydrogen-bond donors (Lipinski definition) is 1. The molecule has 0 aliphatic carbocycles. The molecule has 3 rings (SSSR count). The van der Waals surface area contributed by atoms with Crippen molar-refractivity contribution in [2.24, 2.45) is 0 Å². The predicted octanol–water partition coefficient (Wildman–Crippen LogP) is 3.38. The first-order chi connectivity index (χ1) is 12.4. The van der Waals surface area contributed by atoms with E-state index in [9.17, 15) is 12.8 Å². The van der Waals surface area contributed by atoms with E-state index in [1.807, 2.05) is 18.4 Å². The van der Waals surface area contributed by atoms with Crippen LogP contribution in [-0.4, -0.2) is 31.5 Å². The molecule has 1 unspecified atom stereocenters. The van der Waals surface area contributed by atoms with Crippen molar-refractivity contribution in [1.29, 1.82) is 0 Å². The molecule has 0 fully saturated rings. The minimum Gasteiger partial charge on any atom is -0.402 e. The molecule has 1 atom stereocenters. The highest BCUT2D eigenvalue weighted by Crippen LogP contribution is 2.27. The molecule has 3 aromatic rings. The van der Waals surface area contributed by atoms with Crippen molar-refractivity contribution in [2.75, 3.05) is 17.6 Å². The Morgan fingerprint density at radius 1 is 1.31 bits per heavy atom. The Kier molecular flexibility index (Phi) is 5.35. The fourth-order valence-electron chi connectivity index (χ4n) is 2.26. The molecule has 7 nitrogen and oxygen atoms in total. The SMILES string of the molecule is COC(CS(=O)(=O)Nc1nnc(-c2cc(C)cs2)o1)c1ccc(F)cc1. The maximum absolute atomic E-state index is 13.0. The van der Waals surface area contributed by atoms with E-state index in [0.29, 0.717) is 5.56 Å². The van der Waals surface area contributed by atoms with E-state index in [1.165, 1.54) is 42.7 Å². The maximum atomic E-state index is 13.0. The fourth-order valence-corrected chi connectivity index (χ4v) is 4.24. The van der Waals surface area contributed by atoms with Crippen LogP contribution in [0.3, 0.4) is 0 Å². The van der Waals surface area contributed by atoms with Crippen LogP contribution >= 0.6 is 11.3 Å². The second kappa shape index (κ2) is 7.52. The number of anilines is 1. The van der Waals surface area contributed by atoms with Crippen molar-refractivity contribution in [3.63, 3.8) is 0 Å². The molecule has 26 heavy (non-hydrogen) atoms. The van der Waals surface area contributed by atoms with Crippen LogP contribution in [-0.2, 0) is 14.8 Å². The minimum atomic E-state index is -3.83. The lowest BCUT2D eigenvalue weighted by Gasteiger charge is -2.15. The quantitative estimate of drug-likeness (QED) is 0.657. The summed E-state index contributed by atoms with van der Waals surface area (Å²) >= 11 is 1.42. The number of nitrogens with one attached hydrogen (secondary N) is 1. The van der Waals surface area contributed by atoms with Gasteiger partial charge in [0, 0.05) is 7.11 Å². The third-order valence-corrected chi connectivity index (χ3v) is 5.77. The third-order valence-electron chi connectivity index (χ3n) is 3.51. The molecule has 1 aromatic carbocycles. The van der Waals surface area contributed by atoms with E-state index in [2.05, 4.69) is 14.9 Å². The lowest BCUT2D eigenvalue weighted by molar-refractivity contribution is 0.122. The zero-order valence-electron chi connectivity index (χ0n) is 14.0. The largest absolute Gasteiger partial charge is 0.402 e. The van der Waals surface area contributed by atoms with Crippen LogP contribution < -0.4 is 4.72 Å². The molecule has 2 aromatic heterocycles. The van der Waals surface area contributed by atoms with E-state index in [1.54, 1.807) is 0 Å². The first kappa shape index (κ1) is 18.5. The van der Waals surface area contributed by atoms with E-state index in [-0.39, 0.29) is 17.7 Å². The molecule has 0 radical (unpaired) electrons. The summed E-state index contributed by atoms with van der Waals surface area (Å²) in [7, 11) is -2.45. The van der Waals surface area contributed by atoms with Crippen LogP contribution in [0, 0.1) is 12.7 Å². The highest BCUT2D eigenvalue weighted by atomic mass is 32.2. The van der Waals surface area contributed by atoms with Gasteiger partial charge in [-0.1, -0.05) is 17.2 Å². The average molecular weight is 397 g/mol. The number of aromatic nitrogens is 2. The van der Waals surface area contributed by atoms with Crippen molar-refractivity contribution < 1.29 is 22.0 Å². The van der Waals surface area contributed by atoms with Crippen molar-refractivity contribution in [1.82, 2.24) is 10.2 Å². The number of rotatable bonds is 7. The van der Waals surface area contributed by atoms with Crippen LogP contribution in [0.4, 0.5) is 10.4 Å². The summed E-state index contributed by atoms with van der Waals surface area (Å²) in [5.74, 6) is -0.556. The number of ether oxygens (including phenoxy) is 1. The highest BCUT2D eigenvalue weighted by molar-refractivity contribution is 7.92. The number of halogens is 1. The molecule has 138 valence electrons. The molecule has 0 spiro atoms. The third kappa shape index (κ3) is 4.45. The lowest BCUT2D eigenvalue weighted by Crippen LogP contribution is -2.23. The van der Waals surface area contributed by atoms with Gasteiger partial charge >= 0.3 is 6.01 Å². The molecule has 0 saturated heterocycles. The van der Waals surface area contributed by atoms with Gasteiger partial charge in [-0.25, -0.2) is 17.5 Å². The van der Waals surface area contributed by atoms with Crippen molar-refractivity contribution in [2.45, 2.75) is 13.0 Å². The van der Waals surface area contributed by atoms with Crippen LogP contribution in [0.5, 0.6) is 0 Å². The molecule has 2 heterocycles. The fraction of sp³-hybridized carbons (Fsp3) is 0.250. The van der Waals surface area contributed by atoms with Crippen LogP contribution in [0.25, 0.3) is 10.8 Å². The molecule has 0 amide bonds. The van der Waals surface area contributed by atoms with Gasteiger partial charge in [0.05, 0.1) is 16.7 Å². The van der Waals surface area contributed by atoms with Gasteiger partial charge in [-0.3, -0.25) is 0 Å². The normalized spacial score (nSPS) is 12.9. The number of nitrogens with zero attached hydrogens (tertiary/aromatic N) is 2. The summed E-state index contributed by atoms with van der Waals surface area (Å²) < 4.78 is 50.6. The first-order valence-corrected chi connectivity index (χ1v) is 10.1. The van der Waals surface area contributed by atoms with Crippen molar-refractivity contribution >= 4 is 27.4 Å². The molecule has 0 bridgehead atoms. The number of methoxy groups -OCH3 is 1. The summed E-state index contributed by atoms with van der Waals surface area (Å²) in [5, 5.41) is 9.48. The Morgan fingerprint density at radius 2 is 2.04 bits per heavy atom. The number of benzene rings is 1. The second-order valence-electron chi connectivity index (χ2n) is 5.56. The zero-order chi connectivity index (χ0) is 18.7. The van der Waals surface area contributed by atoms with Crippen LogP contribution in [0.15, 0.2) is 40.1 Å². The van der Waals surface area contributed by atoms with Crippen LogP contribution in [0.2, 0.25) is 0 Å². The maximum Gasteiger partial charge on any atom is 0.329 e. The molecular formula is C16H16FN3O4S2. The number of hydrogen-bond acceptors (Lipinski definition) is 7. The summed E-state index contributed by atoms with van der Waals surface area (Å²) in [4.78, 5) is 0.751. The molecular weight excluding hydrogens is 381 g/mol. The van der Waals surface area contributed by atoms with E-state index >= 15 is 0 Å². The number of thiophene rings is 1. The van der Waals surface area contributed by atoms with Gasteiger partial charge in [-0.15, -0.1) is 16.4 Å². The van der Waals surface area contributed by atoms with Gasteiger partial charge in [0.25, 0.3) is 5.89 Å². The Balaban J connectivity index is 1.72. The van der Waals surface area contributed by atoms with Gasteiger partial charge in [0.2, 0.25) is 10.0 Å². The van der Waals surface area contributed by atoms with E-state index in [4.69, 9.17) is 9.15 Å². The molecule has 10 heteroatoms. The minimum absolute atomic E-state index is 0.222. The predicted molar refractivity (Wildman–Crippen MR) is 95.9 cm³/mol. The highest BCUT2D eigenvalue weighted by Gasteiger charge is 2.23. The summed E-state index contributed by atoms with van der Waals surface area (Å²) in [6.45, 7) is 1.93. The topological polar surface area (TPSA) is 94.3 Å². The van der Waals surface area contributed by atoms with Gasteiger partial charge in [-0.2, -0.15) is 0 Å². The van der Waals surface area contributed by atoms with Gasteiger partial charge < -0.3 is 9.15 Å². The van der Waals surface area contributed by atoms with E-state index in [0.717, 1.165) is 10.4 Å². The number of aryl methyl sites for hydroxylation is 1. The lowest BCUT2D eigenvalue weighted by atomic mass is 10.1. The van der Waals surface area contributed by atoms with Crippen molar-refractivity contribution in [3.05, 3.63) is 52.7 Å². The second-order valence-corrected chi connectivity index (χ2v) is 8.24. The molecule has 0 saturated carbocycles. The Bertz CT molecular complexity index is 983. The smallest absolute Gasteiger partial charge is 0.329 e. The molecule has 0 aliphatic heterocycles. The van der Waals surface area contributed by atoms with E-state index < -0.39 is 21.9 Å². The van der Waals surface area contributed by atoms with Crippen LogP contribution in [0.1, 0.15) is 17.2 Å². The van der Waals surface area contributed by atoms with Gasteiger partial charge in [0.15, 0.2) is 0 Å². The Hall–Kier alpha value is -2.30. The standard InChI is InChI=1S/C16H16FN3O4S2/c1-10-7-14(25-8-10)15-18-19-16(24-15)20-26(21,22)9-13(23-2)11-3-5-12(17)6-4-11/h3-8,13H,9H2,1-2H3,(H,19,20).